The van der Waals surface area contributed by atoms with Crippen LogP contribution in [-0.4, -0.2) is 21.9 Å². The van der Waals surface area contributed by atoms with Gasteiger partial charge in [0.1, 0.15) is 5.75 Å². The molecule has 0 saturated heterocycles. The minimum atomic E-state index is -0.447. The van der Waals surface area contributed by atoms with Crippen LogP contribution in [0.15, 0.2) is 42.5 Å². The Morgan fingerprint density at radius 2 is 2.00 bits per heavy atom. The van der Waals surface area contributed by atoms with Gasteiger partial charge in [0.2, 0.25) is 0 Å². The lowest BCUT2D eigenvalue weighted by atomic mass is 10.3. The zero-order valence-corrected chi connectivity index (χ0v) is 11.2. The number of nitrogens with one attached hydrogen (secondary N) is 2. The summed E-state index contributed by atoms with van der Waals surface area (Å²) in [6, 6.07) is 12.1. The third-order valence-electron chi connectivity index (χ3n) is 3.01. The number of aromatic amines is 1. The Morgan fingerprint density at radius 1 is 1.24 bits per heavy atom. The monoisotopic (exact) mass is 284 g/mol. The molecule has 0 spiro atoms. The van der Waals surface area contributed by atoms with E-state index in [-0.39, 0.29) is 5.69 Å². The molecule has 106 valence electrons. The van der Waals surface area contributed by atoms with Crippen LogP contribution >= 0.6 is 0 Å². The maximum Gasteiger partial charge on any atom is 0.300 e. The van der Waals surface area contributed by atoms with E-state index in [4.69, 9.17) is 4.74 Å². The van der Waals surface area contributed by atoms with Crippen LogP contribution in [0.5, 0.6) is 11.8 Å². The summed E-state index contributed by atoms with van der Waals surface area (Å²) in [6.07, 6.45) is 0. The Balaban J connectivity index is 1.88. The van der Waals surface area contributed by atoms with Gasteiger partial charge in [-0.15, -0.1) is 0 Å². The fourth-order valence-electron chi connectivity index (χ4n) is 1.94. The van der Waals surface area contributed by atoms with Crippen LogP contribution < -0.4 is 10.1 Å². The first kappa shape index (κ1) is 12.9. The third kappa shape index (κ3) is 2.62. The summed E-state index contributed by atoms with van der Waals surface area (Å²) in [5.74, 6) is 0.627. The number of hydrogen-bond acceptors (Lipinski definition) is 5. The van der Waals surface area contributed by atoms with E-state index in [9.17, 15) is 10.1 Å². The average Bonchev–Trinajstić information content (AvgIpc) is 2.89. The molecule has 3 aromatic rings. The number of benzene rings is 2. The van der Waals surface area contributed by atoms with Crippen LogP contribution in [0, 0.1) is 10.1 Å². The average molecular weight is 284 g/mol. The Kier molecular flexibility index (Phi) is 3.15. The van der Waals surface area contributed by atoms with Crippen LogP contribution in [0.1, 0.15) is 0 Å². The maximum absolute atomic E-state index is 10.7. The van der Waals surface area contributed by atoms with Crippen molar-refractivity contribution < 1.29 is 9.66 Å². The molecule has 21 heavy (non-hydrogen) atoms. The van der Waals surface area contributed by atoms with E-state index in [1.165, 1.54) is 12.1 Å². The van der Waals surface area contributed by atoms with Gasteiger partial charge in [0.05, 0.1) is 16.0 Å². The molecule has 0 fully saturated rings. The van der Waals surface area contributed by atoms with E-state index < -0.39 is 4.92 Å². The number of non-ortho nitro benzene ring substituents is 1. The molecule has 0 unspecified atom stereocenters. The minimum Gasteiger partial charge on any atom is -0.426 e. The molecule has 0 aliphatic heterocycles. The van der Waals surface area contributed by atoms with Crippen molar-refractivity contribution in [3.05, 3.63) is 52.6 Å². The fourth-order valence-corrected chi connectivity index (χ4v) is 1.94. The molecule has 0 aliphatic rings. The second-order valence-corrected chi connectivity index (χ2v) is 4.38. The highest BCUT2D eigenvalue weighted by atomic mass is 16.6. The molecule has 2 aromatic carbocycles. The number of hydrogen-bond donors (Lipinski definition) is 2. The standard InChI is InChI=1S/C14H12N4O3/c1-15-9-2-5-11(6-3-9)21-14-16-12-7-4-10(18(19)20)8-13(12)17-14/h2-8,15H,1H3,(H,16,17). The predicted molar refractivity (Wildman–Crippen MR) is 78.8 cm³/mol. The molecule has 0 atom stereocenters. The van der Waals surface area contributed by atoms with Crippen LogP contribution in [0.25, 0.3) is 11.0 Å². The van der Waals surface area contributed by atoms with Crippen molar-refractivity contribution in [1.82, 2.24) is 9.97 Å². The van der Waals surface area contributed by atoms with Crippen LogP contribution in [0.2, 0.25) is 0 Å². The molecular formula is C14H12N4O3. The number of nitro benzene ring substituents is 1. The molecule has 7 heteroatoms. The molecule has 0 radical (unpaired) electrons. The van der Waals surface area contributed by atoms with Gasteiger partial charge >= 0.3 is 0 Å². The third-order valence-corrected chi connectivity index (χ3v) is 3.01. The molecular weight excluding hydrogens is 272 g/mol. The van der Waals surface area contributed by atoms with Crippen molar-refractivity contribution in [1.29, 1.82) is 0 Å². The van der Waals surface area contributed by atoms with Gasteiger partial charge in [0, 0.05) is 24.9 Å². The number of fused-ring (bicyclic) bond motifs is 1. The second-order valence-electron chi connectivity index (χ2n) is 4.38. The molecule has 0 aliphatic carbocycles. The number of anilines is 1. The molecule has 0 saturated carbocycles. The van der Waals surface area contributed by atoms with Gasteiger partial charge in [-0.25, -0.2) is 0 Å². The lowest BCUT2D eigenvalue weighted by molar-refractivity contribution is -0.384. The van der Waals surface area contributed by atoms with E-state index in [0.717, 1.165) is 5.69 Å². The quantitative estimate of drug-likeness (QED) is 0.566. The van der Waals surface area contributed by atoms with E-state index in [1.807, 2.05) is 31.3 Å². The van der Waals surface area contributed by atoms with Gasteiger partial charge in [-0.05, 0) is 30.3 Å². The number of aromatic nitrogens is 2. The largest absolute Gasteiger partial charge is 0.426 e. The molecule has 1 heterocycles. The topological polar surface area (TPSA) is 93.1 Å². The Bertz CT molecular complexity index is 796. The van der Waals surface area contributed by atoms with Crippen molar-refractivity contribution in [2.75, 3.05) is 12.4 Å². The normalized spacial score (nSPS) is 10.5. The summed E-state index contributed by atoms with van der Waals surface area (Å²) in [6.45, 7) is 0. The molecule has 7 nitrogen and oxygen atoms in total. The van der Waals surface area contributed by atoms with E-state index in [2.05, 4.69) is 15.3 Å². The highest BCUT2D eigenvalue weighted by molar-refractivity contribution is 5.78. The van der Waals surface area contributed by atoms with E-state index in [1.54, 1.807) is 6.07 Å². The van der Waals surface area contributed by atoms with Gasteiger partial charge in [0.25, 0.3) is 11.7 Å². The SMILES string of the molecule is CNc1ccc(Oc2nc3ccc([N+](=O)[O-])cc3[nH]2)cc1. The van der Waals surface area contributed by atoms with Crippen LogP contribution in [0.4, 0.5) is 11.4 Å². The van der Waals surface area contributed by atoms with Crippen molar-refractivity contribution in [2.24, 2.45) is 0 Å². The van der Waals surface area contributed by atoms with Crippen LogP contribution in [0.3, 0.4) is 0 Å². The maximum atomic E-state index is 10.7. The summed E-state index contributed by atoms with van der Waals surface area (Å²) < 4.78 is 5.60. The lowest BCUT2D eigenvalue weighted by Crippen LogP contribution is -1.89. The second kappa shape index (κ2) is 5.12. The first-order valence-electron chi connectivity index (χ1n) is 6.25. The number of imidazole rings is 1. The van der Waals surface area contributed by atoms with Gasteiger partial charge in [-0.1, -0.05) is 0 Å². The van der Waals surface area contributed by atoms with Gasteiger partial charge in [0.15, 0.2) is 0 Å². The van der Waals surface area contributed by atoms with Gasteiger partial charge in [-0.3, -0.25) is 10.1 Å². The summed E-state index contributed by atoms with van der Waals surface area (Å²) in [5.41, 5.74) is 2.16. The Labute approximate surface area is 119 Å². The molecule has 0 amide bonds. The number of nitro groups is 1. The Morgan fingerprint density at radius 3 is 2.67 bits per heavy atom. The highest BCUT2D eigenvalue weighted by Gasteiger charge is 2.10. The zero-order valence-electron chi connectivity index (χ0n) is 11.2. The van der Waals surface area contributed by atoms with Gasteiger partial charge < -0.3 is 15.0 Å². The van der Waals surface area contributed by atoms with Crippen molar-refractivity contribution in [2.45, 2.75) is 0 Å². The van der Waals surface area contributed by atoms with Crippen molar-refractivity contribution in [3.63, 3.8) is 0 Å². The van der Waals surface area contributed by atoms with E-state index in [0.29, 0.717) is 22.8 Å². The summed E-state index contributed by atoms with van der Waals surface area (Å²) in [5, 5.41) is 13.8. The first-order chi connectivity index (χ1) is 10.2. The number of H-pyrrole nitrogens is 1. The fraction of sp³-hybridized carbons (Fsp3) is 0.0714. The summed E-state index contributed by atoms with van der Waals surface area (Å²) >= 11 is 0. The predicted octanol–water partition coefficient (Wildman–Crippen LogP) is 3.31. The zero-order chi connectivity index (χ0) is 14.8. The minimum absolute atomic E-state index is 0.0103. The molecule has 1 aromatic heterocycles. The molecule has 3 rings (SSSR count). The molecule has 2 N–H and O–H groups in total. The number of rotatable bonds is 4. The number of ether oxygens (including phenoxy) is 1. The smallest absolute Gasteiger partial charge is 0.300 e. The van der Waals surface area contributed by atoms with Crippen molar-refractivity contribution >= 4 is 22.4 Å². The number of nitrogens with zero attached hydrogens (tertiary/aromatic N) is 2. The Hall–Kier alpha value is -3.09. The lowest BCUT2D eigenvalue weighted by Gasteiger charge is -2.03. The van der Waals surface area contributed by atoms with Crippen LogP contribution in [-0.2, 0) is 0 Å². The highest BCUT2D eigenvalue weighted by Crippen LogP contribution is 2.25. The first-order valence-corrected chi connectivity index (χ1v) is 6.25. The summed E-state index contributed by atoms with van der Waals surface area (Å²) in [7, 11) is 1.84. The van der Waals surface area contributed by atoms with Crippen molar-refractivity contribution in [3.8, 4) is 11.8 Å². The van der Waals surface area contributed by atoms with E-state index >= 15 is 0 Å². The molecule has 0 bridgehead atoms. The van der Waals surface area contributed by atoms with Gasteiger partial charge in [-0.2, -0.15) is 4.98 Å². The summed E-state index contributed by atoms with van der Waals surface area (Å²) in [4.78, 5) is 17.4.